The molecule has 112 valence electrons. The lowest BCUT2D eigenvalue weighted by Crippen LogP contribution is -2.32. The molecule has 0 aromatic heterocycles. The minimum Gasteiger partial charge on any atom is -0.395 e. The van der Waals surface area contributed by atoms with E-state index in [-0.39, 0.29) is 25.6 Å². The molecule has 0 spiro atoms. The van der Waals surface area contributed by atoms with Crippen LogP contribution >= 0.6 is 0 Å². The number of nitrogens with two attached hydrogens (primary N) is 1. The average Bonchev–Trinajstić information content (AvgIpc) is 2.27. The zero-order valence-corrected chi connectivity index (χ0v) is 11.2. The highest BCUT2D eigenvalue weighted by molar-refractivity contribution is 7.85. The maximum absolute atomic E-state index is 9.89. The summed E-state index contributed by atoms with van der Waals surface area (Å²) in [5.74, 6) is -0.233. The number of rotatable bonds is 9. The molecule has 0 fully saturated rings. The van der Waals surface area contributed by atoms with Crippen molar-refractivity contribution < 1.29 is 28.3 Å². The van der Waals surface area contributed by atoms with Crippen LogP contribution in [0.2, 0.25) is 0 Å². The fourth-order valence-corrected chi connectivity index (χ4v) is 1.56. The number of hydrogen-bond acceptors (Lipinski definition) is 7. The highest BCUT2D eigenvalue weighted by atomic mass is 32.2. The van der Waals surface area contributed by atoms with Crippen LogP contribution in [-0.4, -0.2) is 84.9 Å². The van der Waals surface area contributed by atoms with Gasteiger partial charge in [0.15, 0.2) is 0 Å². The minimum atomic E-state index is -3.77. The van der Waals surface area contributed by atoms with Crippen molar-refractivity contribution in [2.75, 3.05) is 51.8 Å². The largest absolute Gasteiger partial charge is 0.395 e. The van der Waals surface area contributed by atoms with Crippen LogP contribution in [0.15, 0.2) is 0 Å². The summed E-state index contributed by atoms with van der Waals surface area (Å²) in [6, 6.07) is 0. The fraction of sp³-hybridized carbons (Fsp3) is 1.00. The smallest absolute Gasteiger partial charge is 0.264 e. The van der Waals surface area contributed by atoms with Gasteiger partial charge in [-0.15, -0.1) is 0 Å². The van der Waals surface area contributed by atoms with Crippen molar-refractivity contribution in [3.63, 3.8) is 0 Å². The van der Waals surface area contributed by atoms with Crippen molar-refractivity contribution in [1.29, 1.82) is 0 Å². The number of aliphatic hydroxyl groups excluding tert-OH is 3. The number of aliphatic hydroxyl groups is 3. The summed E-state index contributed by atoms with van der Waals surface area (Å²) in [5.41, 5.74) is 4.96. The Morgan fingerprint density at radius 3 is 1.50 bits per heavy atom. The van der Waals surface area contributed by atoms with E-state index in [0.29, 0.717) is 32.6 Å². The molecule has 0 bridgehead atoms. The van der Waals surface area contributed by atoms with Crippen molar-refractivity contribution >= 4 is 10.1 Å². The first kappa shape index (κ1) is 20.0. The van der Waals surface area contributed by atoms with E-state index in [4.69, 9.17) is 25.6 Å². The van der Waals surface area contributed by atoms with E-state index in [9.17, 15) is 8.42 Å². The first-order valence-electron chi connectivity index (χ1n) is 5.61. The second-order valence-corrected chi connectivity index (χ2v) is 5.01. The standard InChI is InChI=1S/C6H15NO3.C3H9NO3S/c8-4-1-7(2-5-9)3-6-10;4-2-1-3-8(5,6)7/h8-10H,1-6H2;1-4H2,(H,5,6,7). The van der Waals surface area contributed by atoms with E-state index in [1.807, 2.05) is 0 Å². The molecule has 0 saturated carbocycles. The van der Waals surface area contributed by atoms with E-state index in [0.717, 1.165) is 0 Å². The minimum absolute atomic E-state index is 0.0694. The van der Waals surface area contributed by atoms with Gasteiger partial charge in [-0.05, 0) is 13.0 Å². The molecule has 0 aliphatic rings. The summed E-state index contributed by atoms with van der Waals surface area (Å²) in [5, 5.41) is 25.5. The Balaban J connectivity index is 0. The van der Waals surface area contributed by atoms with Gasteiger partial charge >= 0.3 is 0 Å². The first-order chi connectivity index (χ1) is 8.41. The summed E-state index contributed by atoms with van der Waals surface area (Å²) in [6.07, 6.45) is 0.318. The SMILES string of the molecule is NCCCS(=O)(=O)O.OCCN(CCO)CCO. The van der Waals surface area contributed by atoms with Crippen molar-refractivity contribution in [2.24, 2.45) is 5.73 Å². The summed E-state index contributed by atoms with van der Waals surface area (Å²) in [4.78, 5) is 1.79. The molecule has 0 aromatic rings. The molecule has 0 radical (unpaired) electrons. The van der Waals surface area contributed by atoms with Crippen LogP contribution in [0.1, 0.15) is 6.42 Å². The van der Waals surface area contributed by atoms with Gasteiger partial charge in [-0.25, -0.2) is 0 Å². The zero-order chi connectivity index (χ0) is 14.4. The normalized spacial score (nSPS) is 11.2. The van der Waals surface area contributed by atoms with Gasteiger partial charge < -0.3 is 21.1 Å². The van der Waals surface area contributed by atoms with Crippen LogP contribution in [0.5, 0.6) is 0 Å². The van der Waals surface area contributed by atoms with Crippen molar-refractivity contribution in [3.05, 3.63) is 0 Å². The van der Waals surface area contributed by atoms with Crippen LogP contribution in [0, 0.1) is 0 Å². The molecule has 0 aliphatic carbocycles. The topological polar surface area (TPSA) is 144 Å². The Hall–Kier alpha value is -0.290. The van der Waals surface area contributed by atoms with E-state index >= 15 is 0 Å². The first-order valence-corrected chi connectivity index (χ1v) is 7.22. The van der Waals surface area contributed by atoms with Gasteiger partial charge in [-0.1, -0.05) is 0 Å². The van der Waals surface area contributed by atoms with Gasteiger partial charge in [-0.3, -0.25) is 9.45 Å². The third-order valence-electron chi connectivity index (χ3n) is 1.86. The van der Waals surface area contributed by atoms with Crippen molar-refractivity contribution in [1.82, 2.24) is 4.90 Å². The average molecular weight is 288 g/mol. The van der Waals surface area contributed by atoms with E-state index in [2.05, 4.69) is 0 Å². The summed E-state index contributed by atoms with van der Waals surface area (Å²) >= 11 is 0. The monoisotopic (exact) mass is 288 g/mol. The van der Waals surface area contributed by atoms with Crippen LogP contribution in [0.25, 0.3) is 0 Å². The number of hydrogen-bond donors (Lipinski definition) is 5. The van der Waals surface area contributed by atoms with Crippen LogP contribution < -0.4 is 5.73 Å². The highest BCUT2D eigenvalue weighted by Gasteiger charge is 2.00. The molecule has 0 amide bonds. The fourth-order valence-electron chi connectivity index (χ4n) is 1.03. The lowest BCUT2D eigenvalue weighted by Gasteiger charge is -2.17. The Labute approximate surface area is 108 Å². The summed E-state index contributed by atoms with van der Waals surface area (Å²) < 4.78 is 27.8. The maximum Gasteiger partial charge on any atom is 0.264 e. The molecule has 18 heavy (non-hydrogen) atoms. The third kappa shape index (κ3) is 18.1. The van der Waals surface area contributed by atoms with E-state index < -0.39 is 10.1 Å². The molecule has 6 N–H and O–H groups in total. The van der Waals surface area contributed by atoms with Crippen LogP contribution in [-0.2, 0) is 10.1 Å². The van der Waals surface area contributed by atoms with Gasteiger partial charge in [0.05, 0.1) is 25.6 Å². The Bertz CT molecular complexity index is 246. The summed E-state index contributed by atoms with van der Waals surface area (Å²) in [6.45, 7) is 2.04. The molecule has 0 heterocycles. The zero-order valence-electron chi connectivity index (χ0n) is 10.4. The quantitative estimate of drug-likeness (QED) is 0.293. The maximum atomic E-state index is 9.89. The van der Waals surface area contributed by atoms with Gasteiger partial charge in [0.1, 0.15) is 0 Å². The molecule has 8 nitrogen and oxygen atoms in total. The van der Waals surface area contributed by atoms with Crippen LogP contribution in [0.4, 0.5) is 0 Å². The van der Waals surface area contributed by atoms with Crippen LogP contribution in [0.3, 0.4) is 0 Å². The Kier molecular flexibility index (Phi) is 14.6. The van der Waals surface area contributed by atoms with Crippen molar-refractivity contribution in [2.45, 2.75) is 6.42 Å². The molecule has 0 aliphatic heterocycles. The third-order valence-corrected chi connectivity index (χ3v) is 2.66. The van der Waals surface area contributed by atoms with Gasteiger partial charge in [0, 0.05) is 19.6 Å². The van der Waals surface area contributed by atoms with Gasteiger partial charge in [0.25, 0.3) is 10.1 Å². The molecule has 0 rings (SSSR count). The highest BCUT2D eigenvalue weighted by Crippen LogP contribution is 1.84. The van der Waals surface area contributed by atoms with Crippen molar-refractivity contribution in [3.8, 4) is 0 Å². The second-order valence-electron chi connectivity index (χ2n) is 3.44. The Morgan fingerprint density at radius 2 is 1.33 bits per heavy atom. The lowest BCUT2D eigenvalue weighted by atomic mass is 10.4. The lowest BCUT2D eigenvalue weighted by molar-refractivity contribution is 0.136. The molecule has 9 heteroatoms. The predicted molar refractivity (Wildman–Crippen MR) is 67.8 cm³/mol. The molecular weight excluding hydrogens is 264 g/mol. The second kappa shape index (κ2) is 13.1. The molecule has 0 atom stereocenters. The predicted octanol–water partition coefficient (Wildman–Crippen LogP) is -2.51. The van der Waals surface area contributed by atoms with E-state index in [1.165, 1.54) is 0 Å². The van der Waals surface area contributed by atoms with Gasteiger partial charge in [-0.2, -0.15) is 8.42 Å². The Morgan fingerprint density at radius 1 is 0.944 bits per heavy atom. The molecule has 0 unspecified atom stereocenters. The molecule has 0 aromatic carbocycles. The van der Waals surface area contributed by atoms with E-state index in [1.54, 1.807) is 4.90 Å². The summed E-state index contributed by atoms with van der Waals surface area (Å²) in [7, 11) is -3.77. The molecular formula is C9H24N2O6S. The number of nitrogens with zero attached hydrogens (tertiary/aromatic N) is 1. The molecule has 0 saturated heterocycles. The van der Waals surface area contributed by atoms with Gasteiger partial charge in [0.2, 0.25) is 0 Å².